The molecule has 7 heteroatoms. The Morgan fingerprint density at radius 2 is 1.34 bits per heavy atom. The number of hydrogen-bond acceptors (Lipinski definition) is 6. The number of alkyl carbamates (subject to hydrolysis) is 1. The first kappa shape index (κ1) is 26.3. The van der Waals surface area contributed by atoms with E-state index in [1.807, 2.05) is 36.4 Å². The zero-order chi connectivity index (χ0) is 25.8. The minimum absolute atomic E-state index is 0.0357. The van der Waals surface area contributed by atoms with Crippen molar-refractivity contribution < 1.29 is 28.6 Å². The lowest BCUT2D eigenvalue weighted by molar-refractivity contribution is -0.158. The van der Waals surface area contributed by atoms with Crippen LogP contribution in [0.5, 0.6) is 0 Å². The van der Waals surface area contributed by atoms with Gasteiger partial charge in [-0.3, -0.25) is 4.79 Å². The first-order chi connectivity index (χ1) is 16.3. The number of ether oxygens (including phenoxy) is 3. The molecule has 188 valence electrons. The van der Waals surface area contributed by atoms with Crippen molar-refractivity contribution in [1.29, 1.82) is 0 Å². The Kier molecular flexibility index (Phi) is 7.88. The van der Waals surface area contributed by atoms with E-state index in [1.54, 1.807) is 41.5 Å². The average molecular weight is 482 g/mol. The molecule has 0 spiro atoms. The van der Waals surface area contributed by atoms with Crippen LogP contribution in [-0.2, 0) is 23.8 Å². The highest BCUT2D eigenvalue weighted by Gasteiger charge is 2.31. The molecule has 0 heterocycles. The molecule has 1 N–H and O–H groups in total. The zero-order valence-electron chi connectivity index (χ0n) is 21.3. The van der Waals surface area contributed by atoms with Crippen LogP contribution in [0, 0.1) is 0 Å². The maximum absolute atomic E-state index is 12.7. The van der Waals surface area contributed by atoms with Crippen LogP contribution < -0.4 is 5.32 Å². The van der Waals surface area contributed by atoms with Crippen LogP contribution in [0.1, 0.15) is 71.4 Å². The van der Waals surface area contributed by atoms with Gasteiger partial charge in [-0.1, -0.05) is 48.5 Å². The molecule has 0 bridgehead atoms. The van der Waals surface area contributed by atoms with Crippen molar-refractivity contribution in [3.8, 4) is 11.1 Å². The van der Waals surface area contributed by atoms with E-state index in [2.05, 4.69) is 17.4 Å². The van der Waals surface area contributed by atoms with Crippen molar-refractivity contribution >= 4 is 18.0 Å². The Hall–Kier alpha value is -3.35. The molecule has 0 saturated carbocycles. The highest BCUT2D eigenvalue weighted by molar-refractivity contribution is 5.83. The summed E-state index contributed by atoms with van der Waals surface area (Å²) in [7, 11) is 0. The monoisotopic (exact) mass is 481 g/mol. The Morgan fingerprint density at radius 3 is 1.86 bits per heavy atom. The number of carbonyl (C=O) groups is 3. The molecular formula is C28H35NO6. The van der Waals surface area contributed by atoms with Crippen molar-refractivity contribution in [2.75, 3.05) is 6.61 Å². The summed E-state index contributed by atoms with van der Waals surface area (Å²) in [6, 6.07) is 15.0. The summed E-state index contributed by atoms with van der Waals surface area (Å²) in [6.45, 7) is 10.6. The van der Waals surface area contributed by atoms with Crippen LogP contribution in [0.25, 0.3) is 11.1 Å². The Balaban J connectivity index is 1.66. The molecular weight excluding hydrogens is 446 g/mol. The fourth-order valence-electron chi connectivity index (χ4n) is 4.06. The molecule has 2 aromatic rings. The molecule has 2 aromatic carbocycles. The first-order valence-corrected chi connectivity index (χ1v) is 11.9. The number of benzene rings is 2. The van der Waals surface area contributed by atoms with E-state index in [9.17, 15) is 14.4 Å². The van der Waals surface area contributed by atoms with Gasteiger partial charge in [0, 0.05) is 12.3 Å². The van der Waals surface area contributed by atoms with Crippen molar-refractivity contribution in [2.45, 2.75) is 77.5 Å². The highest BCUT2D eigenvalue weighted by atomic mass is 16.6. The molecule has 1 atom stereocenters. The topological polar surface area (TPSA) is 90.9 Å². The number of fused-ring (bicyclic) bond motifs is 3. The number of carbonyl (C=O) groups excluding carboxylic acids is 3. The maximum Gasteiger partial charge on any atom is 0.407 e. The molecule has 0 fully saturated rings. The van der Waals surface area contributed by atoms with E-state index in [-0.39, 0.29) is 25.4 Å². The minimum atomic E-state index is -1.04. The molecule has 0 saturated heterocycles. The van der Waals surface area contributed by atoms with Crippen LogP contribution >= 0.6 is 0 Å². The van der Waals surface area contributed by atoms with Crippen molar-refractivity contribution in [1.82, 2.24) is 5.32 Å². The second-order valence-corrected chi connectivity index (χ2v) is 10.7. The predicted octanol–water partition coefficient (Wildman–Crippen LogP) is 5.36. The second-order valence-electron chi connectivity index (χ2n) is 10.7. The Morgan fingerprint density at radius 1 is 0.829 bits per heavy atom. The number of amides is 1. The first-order valence-electron chi connectivity index (χ1n) is 11.9. The fourth-order valence-corrected chi connectivity index (χ4v) is 4.06. The van der Waals surface area contributed by atoms with E-state index < -0.39 is 35.3 Å². The van der Waals surface area contributed by atoms with Crippen LogP contribution in [0.3, 0.4) is 0 Å². The molecule has 0 aliphatic heterocycles. The lowest BCUT2D eigenvalue weighted by Gasteiger charge is -2.25. The van der Waals surface area contributed by atoms with Gasteiger partial charge in [0.1, 0.15) is 23.9 Å². The summed E-state index contributed by atoms with van der Waals surface area (Å²) in [5.41, 5.74) is 3.05. The van der Waals surface area contributed by atoms with Gasteiger partial charge < -0.3 is 19.5 Å². The van der Waals surface area contributed by atoms with Crippen LogP contribution in [0.4, 0.5) is 4.79 Å². The number of hydrogen-bond donors (Lipinski definition) is 1. The van der Waals surface area contributed by atoms with Gasteiger partial charge in [-0.05, 0) is 70.2 Å². The normalized spacial score (nSPS) is 13.9. The van der Waals surface area contributed by atoms with E-state index in [0.29, 0.717) is 0 Å². The third-order valence-electron chi connectivity index (χ3n) is 5.38. The molecule has 1 amide bonds. The van der Waals surface area contributed by atoms with Gasteiger partial charge in [-0.15, -0.1) is 0 Å². The smallest absolute Gasteiger partial charge is 0.407 e. The zero-order valence-corrected chi connectivity index (χ0v) is 21.3. The molecule has 7 nitrogen and oxygen atoms in total. The van der Waals surface area contributed by atoms with Crippen molar-refractivity contribution in [3.05, 3.63) is 59.7 Å². The van der Waals surface area contributed by atoms with E-state index in [1.165, 1.54) is 0 Å². The minimum Gasteiger partial charge on any atom is -0.460 e. The van der Waals surface area contributed by atoms with Crippen LogP contribution in [0.2, 0.25) is 0 Å². The number of nitrogens with one attached hydrogen (secondary N) is 1. The summed E-state index contributed by atoms with van der Waals surface area (Å²) < 4.78 is 16.3. The van der Waals surface area contributed by atoms with Gasteiger partial charge in [0.2, 0.25) is 0 Å². The molecule has 0 radical (unpaired) electrons. The molecule has 35 heavy (non-hydrogen) atoms. The van der Waals surface area contributed by atoms with Gasteiger partial charge in [0.25, 0.3) is 0 Å². The Labute approximate surface area is 207 Å². The lowest BCUT2D eigenvalue weighted by Crippen LogP contribution is -2.45. The molecule has 0 aromatic heterocycles. The third-order valence-corrected chi connectivity index (χ3v) is 5.38. The fraction of sp³-hybridized carbons (Fsp3) is 0.464. The SMILES string of the molecule is CC(C)(C)OC(=O)CCC(NC(=O)OCC1c2ccccc2-c2ccccc21)C(=O)OC(C)(C)C. The predicted molar refractivity (Wildman–Crippen MR) is 133 cm³/mol. The van der Waals surface area contributed by atoms with Crippen molar-refractivity contribution in [2.24, 2.45) is 0 Å². The quantitative estimate of drug-likeness (QED) is 0.423. The van der Waals surface area contributed by atoms with E-state index in [0.717, 1.165) is 22.3 Å². The number of rotatable bonds is 7. The van der Waals surface area contributed by atoms with Crippen molar-refractivity contribution in [3.63, 3.8) is 0 Å². The van der Waals surface area contributed by atoms with Crippen LogP contribution in [-0.4, -0.2) is 41.9 Å². The molecule has 1 aliphatic carbocycles. The second kappa shape index (κ2) is 10.5. The van der Waals surface area contributed by atoms with Gasteiger partial charge in [-0.2, -0.15) is 0 Å². The van der Waals surface area contributed by atoms with Crippen LogP contribution in [0.15, 0.2) is 48.5 Å². The molecule has 3 rings (SSSR count). The Bertz CT molecular complexity index is 1030. The lowest BCUT2D eigenvalue weighted by atomic mass is 9.98. The summed E-state index contributed by atoms with van der Waals surface area (Å²) in [5, 5.41) is 2.59. The van der Waals surface area contributed by atoms with Gasteiger partial charge in [0.05, 0.1) is 0 Å². The average Bonchev–Trinajstić information content (AvgIpc) is 3.06. The molecule has 1 unspecified atom stereocenters. The summed E-state index contributed by atoms with van der Waals surface area (Å²) in [6.07, 6.45) is -0.759. The maximum atomic E-state index is 12.7. The highest BCUT2D eigenvalue weighted by Crippen LogP contribution is 2.44. The molecule has 1 aliphatic rings. The third kappa shape index (κ3) is 7.31. The number of esters is 2. The van der Waals surface area contributed by atoms with Gasteiger partial charge in [0.15, 0.2) is 0 Å². The largest absolute Gasteiger partial charge is 0.460 e. The summed E-state index contributed by atoms with van der Waals surface area (Å²) in [4.78, 5) is 37.6. The van der Waals surface area contributed by atoms with Gasteiger partial charge in [-0.25, -0.2) is 9.59 Å². The van der Waals surface area contributed by atoms with Gasteiger partial charge >= 0.3 is 18.0 Å². The standard InChI is InChI=1S/C28H35NO6/c1-27(2,3)34-24(30)16-15-23(25(31)35-28(4,5)6)29-26(32)33-17-22-20-13-9-7-11-18(20)19-12-8-10-14-21(19)22/h7-14,22-23H,15-17H2,1-6H3,(H,29,32). The summed E-state index contributed by atoms with van der Waals surface area (Å²) in [5.74, 6) is -1.19. The summed E-state index contributed by atoms with van der Waals surface area (Å²) >= 11 is 0. The van der Waals surface area contributed by atoms with E-state index >= 15 is 0 Å². The van der Waals surface area contributed by atoms with E-state index in [4.69, 9.17) is 14.2 Å².